The number of fused-ring (bicyclic) bond motifs is 4. The Balaban J connectivity index is 0.000000176. The summed E-state index contributed by atoms with van der Waals surface area (Å²) in [6.45, 7) is -0.332. The van der Waals surface area contributed by atoms with Crippen molar-refractivity contribution in [2.75, 3.05) is 43.6 Å². The minimum absolute atomic E-state index is 0.00960. The second-order valence-electron chi connectivity index (χ2n) is 19.3. The number of halogens is 6. The van der Waals surface area contributed by atoms with Crippen LogP contribution in [0, 0.1) is 0 Å². The Hall–Kier alpha value is -7.37. The molecule has 412 valence electrons. The molecule has 12 N–H and O–H groups in total. The second kappa shape index (κ2) is 22.9. The molecule has 0 aromatic heterocycles. The quantitative estimate of drug-likeness (QED) is 0.0215. The van der Waals surface area contributed by atoms with Gasteiger partial charge < -0.3 is 57.2 Å². The average Bonchev–Trinajstić information content (AvgIpc) is 3.50. The Morgan fingerprint density at radius 2 is 1.05 bits per heavy atom. The molecule has 0 fully saturated rings. The molecule has 4 aliphatic rings. The van der Waals surface area contributed by atoms with Crippen LogP contribution in [-0.4, -0.2) is 89.9 Å². The highest BCUT2D eigenvalue weighted by Gasteiger charge is 2.40. The molecule has 6 aromatic carbocycles. The number of rotatable bonds is 9. The molecule has 2 amide bonds. The number of aromatic hydroxyl groups is 2. The van der Waals surface area contributed by atoms with Crippen molar-refractivity contribution in [3.8, 4) is 33.8 Å². The van der Waals surface area contributed by atoms with E-state index in [0.717, 1.165) is 101 Å². The predicted molar refractivity (Wildman–Crippen MR) is 276 cm³/mol. The fourth-order valence-corrected chi connectivity index (χ4v) is 11.0. The maximum Gasteiger partial charge on any atom is 0.416 e. The normalized spacial score (nSPS) is 16.2. The molecule has 0 saturated heterocycles. The SMILES string of the molecule is CN1CCc2cc(CO)c(CO)c3c2C1Cc1c(N)cc(CO)c(O)c1-3.CN1CCc2cc(CO)c(CO)c3c2C1Cc1c(NC(=O)Nc2ccc(C(F)(F)F)cc2)cc(CO)c(O)c1-3.O=C=Nc1ccc(C(F)(F)F)cc1. The van der Waals surface area contributed by atoms with Crippen LogP contribution in [0.3, 0.4) is 0 Å². The number of nitrogens with two attached hydrogens (primary N) is 1. The number of alkyl halides is 6. The molecular formula is C56H56F6N6O10. The summed E-state index contributed by atoms with van der Waals surface area (Å²) in [5.41, 5.74) is 16.5. The molecule has 2 aliphatic carbocycles. The van der Waals surface area contributed by atoms with Gasteiger partial charge in [0.05, 0.1) is 56.5 Å². The summed E-state index contributed by atoms with van der Waals surface area (Å²) < 4.78 is 74.6. The van der Waals surface area contributed by atoms with Crippen LogP contribution >= 0.6 is 0 Å². The zero-order chi connectivity index (χ0) is 56.5. The summed E-state index contributed by atoms with van der Waals surface area (Å²) >= 11 is 0. The summed E-state index contributed by atoms with van der Waals surface area (Å²) in [5.74, 6) is -0.171. The van der Waals surface area contributed by atoms with Crippen LogP contribution in [0.1, 0.15) is 90.0 Å². The van der Waals surface area contributed by atoms with Crippen molar-refractivity contribution in [2.45, 2.75) is 89.8 Å². The van der Waals surface area contributed by atoms with Crippen LogP contribution in [0.4, 0.5) is 53.9 Å². The minimum Gasteiger partial charge on any atom is -0.507 e. The smallest absolute Gasteiger partial charge is 0.416 e. The van der Waals surface area contributed by atoms with Crippen LogP contribution in [-0.2, 0) is 82.5 Å². The fourth-order valence-electron chi connectivity index (χ4n) is 11.0. The molecule has 78 heavy (non-hydrogen) atoms. The molecule has 2 unspecified atom stereocenters. The third-order valence-electron chi connectivity index (χ3n) is 14.9. The molecule has 2 aliphatic heterocycles. The number of phenols is 2. The number of likely N-dealkylation sites (N-methyl/N-ethyl adjacent to an activating group) is 2. The van der Waals surface area contributed by atoms with Crippen LogP contribution in [0.15, 0.2) is 77.8 Å². The summed E-state index contributed by atoms with van der Waals surface area (Å²) in [7, 11) is 4.03. The van der Waals surface area contributed by atoms with Crippen LogP contribution < -0.4 is 16.4 Å². The molecule has 2 atom stereocenters. The average molecular weight is 1090 g/mol. The van der Waals surface area contributed by atoms with Gasteiger partial charge in [0.15, 0.2) is 0 Å². The van der Waals surface area contributed by atoms with E-state index in [2.05, 4.69) is 32.5 Å². The molecule has 22 heteroatoms. The van der Waals surface area contributed by atoms with Crippen molar-refractivity contribution in [3.63, 3.8) is 0 Å². The van der Waals surface area contributed by atoms with Gasteiger partial charge in [-0.1, -0.05) is 12.1 Å². The molecule has 0 bridgehead atoms. The first-order valence-electron chi connectivity index (χ1n) is 24.5. The maximum atomic E-state index is 12.9. The van der Waals surface area contributed by atoms with Crippen LogP contribution in [0.25, 0.3) is 22.3 Å². The highest BCUT2D eigenvalue weighted by molar-refractivity contribution is 6.02. The third kappa shape index (κ3) is 10.9. The number of aliphatic hydroxyl groups is 6. The summed E-state index contributed by atoms with van der Waals surface area (Å²) in [5, 5.41) is 87.2. The lowest BCUT2D eigenvalue weighted by Gasteiger charge is -2.42. The Bertz CT molecular complexity index is 3310. The Morgan fingerprint density at radius 3 is 1.49 bits per heavy atom. The van der Waals surface area contributed by atoms with E-state index in [0.29, 0.717) is 80.7 Å². The lowest BCUT2D eigenvalue weighted by Crippen LogP contribution is -2.36. The highest BCUT2D eigenvalue weighted by atomic mass is 19.4. The van der Waals surface area contributed by atoms with Gasteiger partial charge in [-0.25, -0.2) is 9.59 Å². The first kappa shape index (κ1) is 56.8. The Kier molecular flexibility index (Phi) is 16.7. The number of benzene rings is 6. The lowest BCUT2D eigenvalue weighted by atomic mass is 9.73. The third-order valence-corrected chi connectivity index (χ3v) is 14.9. The molecule has 2 heterocycles. The van der Waals surface area contributed by atoms with E-state index in [-0.39, 0.29) is 66.9 Å². The number of nitrogens with zero attached hydrogens (tertiary/aromatic N) is 3. The van der Waals surface area contributed by atoms with E-state index < -0.39 is 42.7 Å². The number of carbonyl (C=O) groups excluding carboxylic acids is 2. The molecule has 0 saturated carbocycles. The molecular weight excluding hydrogens is 1030 g/mol. The number of aliphatic hydroxyl groups excluding tert-OH is 6. The standard InChI is InChI=1S/C28H28F3N3O5.C20H24N2O4.C8H4F3NO/c1-34-7-6-14-8-15(11-35)20(13-37)24-23(14)22(34)10-19-21(9-16(12-36)26(38)25(19)24)33-27(39)32-18-4-2-17(3-5-18)28(29,30)31;1-22-3-2-10-4-11(7-23)14(9-25)18-17(10)16(22)6-13-15(21)5-12(8-24)20(26)19(13)18;9-8(10,11)6-1-3-7(4-2-6)12-5-13/h2-5,8-9,22,35-38H,6-7,10-13H2,1H3,(H2,32,33,39);4-5,16,23-26H,2-3,6-9,21H2,1H3;1-4H. The molecule has 16 nitrogen and oxygen atoms in total. The second-order valence-corrected chi connectivity index (χ2v) is 19.3. The van der Waals surface area contributed by atoms with E-state index in [9.17, 15) is 76.8 Å². The van der Waals surface area contributed by atoms with Gasteiger partial charge in [0.2, 0.25) is 6.08 Å². The van der Waals surface area contributed by atoms with Gasteiger partial charge in [-0.05, 0) is 167 Å². The van der Waals surface area contributed by atoms with Crippen molar-refractivity contribution >= 4 is 34.9 Å². The van der Waals surface area contributed by atoms with E-state index in [1.807, 2.05) is 19.2 Å². The predicted octanol–water partition coefficient (Wildman–Crippen LogP) is 8.16. The van der Waals surface area contributed by atoms with E-state index in [4.69, 9.17) is 5.73 Å². The molecule has 10 rings (SSSR count). The van der Waals surface area contributed by atoms with Gasteiger partial charge in [-0.15, -0.1) is 0 Å². The molecule has 0 radical (unpaired) electrons. The number of urea groups is 1. The number of hydrogen-bond acceptors (Lipinski definition) is 14. The van der Waals surface area contributed by atoms with Crippen molar-refractivity contribution in [1.82, 2.24) is 9.80 Å². The fraction of sp³-hybridized carbons (Fsp3) is 0.321. The van der Waals surface area contributed by atoms with E-state index >= 15 is 0 Å². The monoisotopic (exact) mass is 1090 g/mol. The van der Waals surface area contributed by atoms with Crippen molar-refractivity contribution in [1.29, 1.82) is 0 Å². The number of amides is 2. The number of aliphatic imine (C=N–C) groups is 1. The summed E-state index contributed by atoms with van der Waals surface area (Å²) in [6, 6.07) is 14.2. The topological polar surface area (TPSA) is 265 Å². The van der Waals surface area contributed by atoms with Crippen molar-refractivity contribution < 1.29 is 76.8 Å². The first-order chi connectivity index (χ1) is 37.1. The summed E-state index contributed by atoms with van der Waals surface area (Å²) in [6.07, 6.45) is -4.99. The van der Waals surface area contributed by atoms with Gasteiger partial charge in [0, 0.05) is 64.5 Å². The minimum atomic E-state index is -4.50. The molecule has 6 aromatic rings. The maximum absolute atomic E-state index is 12.9. The lowest BCUT2D eigenvalue weighted by molar-refractivity contribution is -0.138. The van der Waals surface area contributed by atoms with Gasteiger partial charge in [0.25, 0.3) is 0 Å². The number of isocyanates is 1. The van der Waals surface area contributed by atoms with Crippen molar-refractivity contribution in [3.05, 3.63) is 151 Å². The van der Waals surface area contributed by atoms with Crippen molar-refractivity contribution in [2.24, 2.45) is 4.99 Å². The molecule has 0 spiro atoms. The van der Waals surface area contributed by atoms with E-state index in [1.54, 1.807) is 6.07 Å². The largest absolute Gasteiger partial charge is 0.507 e. The van der Waals surface area contributed by atoms with E-state index in [1.165, 1.54) is 12.1 Å². The number of hydrogen-bond donors (Lipinski definition) is 11. The zero-order valence-electron chi connectivity index (χ0n) is 42.1. The number of nitrogens with one attached hydrogen (secondary N) is 2. The van der Waals surface area contributed by atoms with Gasteiger partial charge in [0.1, 0.15) is 11.5 Å². The first-order valence-corrected chi connectivity index (χ1v) is 24.5. The Labute approximate surface area is 443 Å². The number of nitrogen functional groups attached to an aromatic ring is 1. The van der Waals surface area contributed by atoms with Gasteiger partial charge >= 0.3 is 18.4 Å². The zero-order valence-corrected chi connectivity index (χ0v) is 42.1. The summed E-state index contributed by atoms with van der Waals surface area (Å²) in [4.78, 5) is 30.2. The van der Waals surface area contributed by atoms with Gasteiger partial charge in [-0.2, -0.15) is 31.3 Å². The number of anilines is 3. The highest BCUT2D eigenvalue weighted by Crippen LogP contribution is 2.55. The number of carbonyl (C=O) groups is 1. The Morgan fingerprint density at radius 1 is 0.615 bits per heavy atom. The van der Waals surface area contributed by atoms with Crippen LogP contribution in [0.2, 0.25) is 0 Å². The van der Waals surface area contributed by atoms with Gasteiger partial charge in [-0.3, -0.25) is 9.80 Å². The van der Waals surface area contributed by atoms with Crippen LogP contribution in [0.5, 0.6) is 11.5 Å².